The van der Waals surface area contributed by atoms with Crippen LogP contribution in [0.2, 0.25) is 0 Å². The van der Waals surface area contributed by atoms with E-state index in [0.717, 1.165) is 59.1 Å². The quantitative estimate of drug-likeness (QED) is 0.228. The maximum atomic E-state index is 14.5. The van der Waals surface area contributed by atoms with E-state index in [1.54, 1.807) is 6.07 Å². The molecule has 0 saturated heterocycles. The summed E-state index contributed by atoms with van der Waals surface area (Å²) in [6, 6.07) is 24.4. The fourth-order valence-corrected chi connectivity index (χ4v) is 6.76. The van der Waals surface area contributed by atoms with Crippen molar-refractivity contribution in [2.75, 3.05) is 6.54 Å². The van der Waals surface area contributed by atoms with Crippen molar-refractivity contribution in [3.05, 3.63) is 107 Å². The van der Waals surface area contributed by atoms with Crippen molar-refractivity contribution in [3.63, 3.8) is 0 Å². The van der Waals surface area contributed by atoms with Gasteiger partial charge in [-0.1, -0.05) is 67.6 Å². The van der Waals surface area contributed by atoms with Gasteiger partial charge in [0.25, 0.3) is 0 Å². The number of carboxylic acids is 1. The summed E-state index contributed by atoms with van der Waals surface area (Å²) in [7, 11) is 0. The number of halogens is 1. The molecule has 1 aromatic heterocycles. The third-order valence-electron chi connectivity index (χ3n) is 9.02. The number of amides is 1. The zero-order chi connectivity index (χ0) is 28.5. The van der Waals surface area contributed by atoms with E-state index >= 15 is 0 Å². The van der Waals surface area contributed by atoms with E-state index in [4.69, 9.17) is 0 Å². The van der Waals surface area contributed by atoms with E-state index in [1.807, 2.05) is 47.9 Å². The summed E-state index contributed by atoms with van der Waals surface area (Å²) in [5.41, 5.74) is 4.98. The van der Waals surface area contributed by atoms with E-state index in [-0.39, 0.29) is 23.7 Å². The largest absolute Gasteiger partial charge is 0.480 e. The fraction of sp³-hybridized carbons (Fsp3) is 0.371. The Kier molecular flexibility index (Phi) is 7.65. The fourth-order valence-electron chi connectivity index (χ4n) is 6.76. The van der Waals surface area contributed by atoms with E-state index in [9.17, 15) is 19.1 Å². The standard InChI is InChI=1S/C35H37FN2O3/c1-2-31(35(40)41)38-32-17-15-26(36)19-29(32)30-20-27(16-18-33(30)38)37(22-23-13-14-23)34(39)21-28(24-9-5-3-6-10-24)25-11-7-4-8-12-25/h3-12,15,17,19,23,27-28,31H,2,13-14,16,18,20-22H2,1H3,(H,40,41). The van der Waals surface area contributed by atoms with Crippen LogP contribution < -0.4 is 0 Å². The second-order valence-corrected chi connectivity index (χ2v) is 11.7. The molecule has 4 aromatic rings. The number of benzene rings is 3. The molecule has 6 heteroatoms. The van der Waals surface area contributed by atoms with Crippen molar-refractivity contribution in [2.45, 2.75) is 69.9 Å². The van der Waals surface area contributed by atoms with Crippen LogP contribution >= 0.6 is 0 Å². The minimum atomic E-state index is -0.878. The molecule has 1 heterocycles. The number of hydrogen-bond acceptors (Lipinski definition) is 2. The van der Waals surface area contributed by atoms with Crippen molar-refractivity contribution in [3.8, 4) is 0 Å². The monoisotopic (exact) mass is 552 g/mol. The smallest absolute Gasteiger partial charge is 0.326 e. The molecule has 0 radical (unpaired) electrons. The SMILES string of the molecule is CCC(C(=O)O)n1c2c(c3cc(F)ccc31)CC(N(CC1CC1)C(=O)CC(c1ccccc1)c1ccccc1)CC2. The molecule has 2 unspecified atom stereocenters. The van der Waals surface area contributed by atoms with Crippen LogP contribution in [-0.2, 0) is 22.4 Å². The molecule has 6 rings (SSSR count). The molecule has 2 aliphatic rings. The van der Waals surface area contributed by atoms with Crippen LogP contribution in [0.25, 0.3) is 10.9 Å². The Labute approximate surface area is 240 Å². The van der Waals surface area contributed by atoms with Gasteiger partial charge in [-0.25, -0.2) is 9.18 Å². The van der Waals surface area contributed by atoms with Gasteiger partial charge in [-0.05, 0) is 79.3 Å². The summed E-state index contributed by atoms with van der Waals surface area (Å²) < 4.78 is 16.4. The Morgan fingerprint density at radius 2 is 1.63 bits per heavy atom. The first-order valence-corrected chi connectivity index (χ1v) is 14.9. The molecule has 1 amide bonds. The number of carbonyl (C=O) groups excluding carboxylic acids is 1. The van der Waals surface area contributed by atoms with Gasteiger partial charge >= 0.3 is 5.97 Å². The lowest BCUT2D eigenvalue weighted by Crippen LogP contribution is -2.45. The van der Waals surface area contributed by atoms with Crippen LogP contribution in [0.3, 0.4) is 0 Å². The molecule has 41 heavy (non-hydrogen) atoms. The number of nitrogens with zero attached hydrogens (tertiary/aromatic N) is 2. The van der Waals surface area contributed by atoms with E-state index < -0.39 is 12.0 Å². The lowest BCUT2D eigenvalue weighted by molar-refractivity contribution is -0.141. The Bertz CT molecular complexity index is 1500. The second kappa shape index (κ2) is 11.5. The maximum absolute atomic E-state index is 14.5. The average molecular weight is 553 g/mol. The van der Waals surface area contributed by atoms with Crippen LogP contribution in [0.15, 0.2) is 78.9 Å². The molecule has 1 fully saturated rings. The Morgan fingerprint density at radius 3 is 2.22 bits per heavy atom. The second-order valence-electron chi connectivity index (χ2n) is 11.7. The minimum absolute atomic E-state index is 0.00461. The van der Waals surface area contributed by atoms with Crippen LogP contribution in [0, 0.1) is 11.7 Å². The van der Waals surface area contributed by atoms with Crippen LogP contribution in [0.5, 0.6) is 0 Å². The number of aliphatic carboxylic acids is 1. The van der Waals surface area contributed by atoms with Crippen molar-refractivity contribution < 1.29 is 19.1 Å². The molecule has 2 aliphatic carbocycles. The summed E-state index contributed by atoms with van der Waals surface area (Å²) >= 11 is 0. The van der Waals surface area contributed by atoms with Gasteiger partial charge in [-0.2, -0.15) is 0 Å². The first-order valence-electron chi connectivity index (χ1n) is 14.9. The zero-order valence-electron chi connectivity index (χ0n) is 23.5. The maximum Gasteiger partial charge on any atom is 0.326 e. The minimum Gasteiger partial charge on any atom is -0.480 e. The summed E-state index contributed by atoms with van der Waals surface area (Å²) in [6.45, 7) is 2.62. The summed E-state index contributed by atoms with van der Waals surface area (Å²) in [6.07, 6.45) is 5.15. The number of carbonyl (C=O) groups is 2. The number of rotatable bonds is 10. The Morgan fingerprint density at radius 1 is 0.976 bits per heavy atom. The molecular weight excluding hydrogens is 515 g/mol. The predicted molar refractivity (Wildman–Crippen MR) is 158 cm³/mol. The van der Waals surface area contributed by atoms with Gasteiger partial charge < -0.3 is 14.6 Å². The molecule has 2 atom stereocenters. The van der Waals surface area contributed by atoms with Gasteiger partial charge in [-0.15, -0.1) is 0 Å². The summed E-state index contributed by atoms with van der Waals surface area (Å²) in [4.78, 5) is 28.5. The first-order chi connectivity index (χ1) is 19.9. The van der Waals surface area contributed by atoms with Crippen LogP contribution in [0.1, 0.15) is 73.4 Å². The van der Waals surface area contributed by atoms with Crippen molar-refractivity contribution in [1.82, 2.24) is 9.47 Å². The van der Waals surface area contributed by atoms with Gasteiger partial charge in [0.05, 0.1) is 0 Å². The number of aromatic nitrogens is 1. The Balaban J connectivity index is 1.34. The van der Waals surface area contributed by atoms with E-state index in [1.165, 1.54) is 12.1 Å². The molecule has 3 aromatic carbocycles. The number of fused-ring (bicyclic) bond motifs is 3. The van der Waals surface area contributed by atoms with Gasteiger partial charge in [0.15, 0.2) is 0 Å². The topological polar surface area (TPSA) is 62.5 Å². The highest BCUT2D eigenvalue weighted by Crippen LogP contribution is 2.39. The molecule has 5 nitrogen and oxygen atoms in total. The molecule has 1 N–H and O–H groups in total. The molecule has 0 aliphatic heterocycles. The highest BCUT2D eigenvalue weighted by molar-refractivity contribution is 5.88. The lowest BCUT2D eigenvalue weighted by Gasteiger charge is -2.36. The van der Waals surface area contributed by atoms with Gasteiger partial charge in [-0.3, -0.25) is 4.79 Å². The summed E-state index contributed by atoms with van der Waals surface area (Å²) in [5, 5.41) is 10.8. The van der Waals surface area contributed by atoms with Crippen molar-refractivity contribution >= 4 is 22.8 Å². The molecule has 212 valence electrons. The van der Waals surface area contributed by atoms with Crippen LogP contribution in [0.4, 0.5) is 4.39 Å². The number of carboxylic acid groups (broad SMARTS) is 1. The predicted octanol–water partition coefficient (Wildman–Crippen LogP) is 7.13. The van der Waals surface area contributed by atoms with Gasteiger partial charge in [0.2, 0.25) is 5.91 Å². The molecule has 1 saturated carbocycles. The zero-order valence-corrected chi connectivity index (χ0v) is 23.5. The molecular formula is C35H37FN2O3. The van der Waals surface area contributed by atoms with E-state index in [2.05, 4.69) is 29.2 Å². The third-order valence-corrected chi connectivity index (χ3v) is 9.02. The lowest BCUT2D eigenvalue weighted by atomic mass is 9.86. The van der Waals surface area contributed by atoms with Crippen molar-refractivity contribution in [1.29, 1.82) is 0 Å². The molecule has 0 spiro atoms. The van der Waals surface area contributed by atoms with Gasteiger partial charge in [0.1, 0.15) is 11.9 Å². The average Bonchev–Trinajstić information content (AvgIpc) is 3.77. The molecule has 0 bridgehead atoms. The van der Waals surface area contributed by atoms with Gasteiger partial charge in [0, 0.05) is 41.5 Å². The normalized spacial score (nSPS) is 17.4. The third kappa shape index (κ3) is 5.52. The number of hydrogen-bond donors (Lipinski definition) is 1. The summed E-state index contributed by atoms with van der Waals surface area (Å²) in [5.74, 6) is -0.570. The van der Waals surface area contributed by atoms with E-state index in [0.29, 0.717) is 31.6 Å². The first kappa shape index (κ1) is 27.3. The highest BCUT2D eigenvalue weighted by Gasteiger charge is 2.37. The Hall–Kier alpha value is -3.93. The van der Waals surface area contributed by atoms with Crippen molar-refractivity contribution in [2.24, 2.45) is 5.92 Å². The van der Waals surface area contributed by atoms with Crippen LogP contribution in [-0.4, -0.2) is 39.0 Å². The highest BCUT2D eigenvalue weighted by atomic mass is 19.1.